The van der Waals surface area contributed by atoms with Crippen LogP contribution in [0.2, 0.25) is 0 Å². The van der Waals surface area contributed by atoms with Gasteiger partial charge in [0.2, 0.25) is 5.91 Å². The van der Waals surface area contributed by atoms with Crippen molar-refractivity contribution in [3.63, 3.8) is 0 Å². The van der Waals surface area contributed by atoms with Gasteiger partial charge in [-0.25, -0.2) is 0 Å². The SMILES string of the molecule is CN(C)C1(CNC(=O)C(Cc2c[nH]c3ccccc23)NC(=O)c2cccs2)CCCCCC1. The number of likely N-dealkylation sites (N-methyl/N-ethyl adjacent to an activating group) is 1. The maximum absolute atomic E-state index is 13.5. The van der Waals surface area contributed by atoms with Gasteiger partial charge in [-0.1, -0.05) is 49.9 Å². The molecule has 0 radical (unpaired) electrons. The highest BCUT2D eigenvalue weighted by Gasteiger charge is 2.34. The van der Waals surface area contributed by atoms with E-state index in [9.17, 15) is 9.59 Å². The van der Waals surface area contributed by atoms with Crippen LogP contribution in [0.15, 0.2) is 48.0 Å². The summed E-state index contributed by atoms with van der Waals surface area (Å²) in [5, 5.41) is 9.16. The molecule has 176 valence electrons. The first-order valence-corrected chi connectivity index (χ1v) is 12.7. The molecule has 2 amide bonds. The highest BCUT2D eigenvalue weighted by Crippen LogP contribution is 2.30. The molecule has 2 heterocycles. The van der Waals surface area contributed by atoms with Gasteiger partial charge in [0, 0.05) is 35.6 Å². The second-order valence-corrected chi connectivity index (χ2v) is 10.3. The molecule has 1 aliphatic rings. The summed E-state index contributed by atoms with van der Waals surface area (Å²) in [5.74, 6) is -0.336. The summed E-state index contributed by atoms with van der Waals surface area (Å²) >= 11 is 1.38. The van der Waals surface area contributed by atoms with Crippen molar-refractivity contribution >= 4 is 34.1 Å². The summed E-state index contributed by atoms with van der Waals surface area (Å²) in [6.45, 7) is 0.595. The van der Waals surface area contributed by atoms with Gasteiger partial charge in [0.25, 0.3) is 5.91 Å². The van der Waals surface area contributed by atoms with E-state index in [0.29, 0.717) is 17.8 Å². The van der Waals surface area contributed by atoms with Gasteiger partial charge in [0.15, 0.2) is 0 Å². The van der Waals surface area contributed by atoms with Crippen LogP contribution in [0, 0.1) is 0 Å². The summed E-state index contributed by atoms with van der Waals surface area (Å²) in [5.41, 5.74) is 2.02. The molecule has 33 heavy (non-hydrogen) atoms. The van der Waals surface area contributed by atoms with Crippen LogP contribution < -0.4 is 10.6 Å². The smallest absolute Gasteiger partial charge is 0.262 e. The molecular formula is C26H34N4O2S. The van der Waals surface area contributed by atoms with E-state index in [-0.39, 0.29) is 17.4 Å². The van der Waals surface area contributed by atoms with E-state index in [1.165, 1.54) is 37.0 Å². The van der Waals surface area contributed by atoms with E-state index in [1.807, 2.05) is 41.9 Å². The Kier molecular flexibility index (Phi) is 7.50. The lowest BCUT2D eigenvalue weighted by Gasteiger charge is -2.40. The normalized spacial score (nSPS) is 16.9. The zero-order chi connectivity index (χ0) is 23.3. The second-order valence-electron chi connectivity index (χ2n) is 9.32. The van der Waals surface area contributed by atoms with Crippen molar-refractivity contribution in [2.45, 2.75) is 56.5 Å². The monoisotopic (exact) mass is 466 g/mol. The Morgan fingerprint density at radius 3 is 2.55 bits per heavy atom. The van der Waals surface area contributed by atoms with Gasteiger partial charge in [0.05, 0.1) is 4.88 Å². The molecule has 2 aromatic heterocycles. The van der Waals surface area contributed by atoms with Crippen LogP contribution >= 0.6 is 11.3 Å². The number of thiophene rings is 1. The Labute approximate surface area is 199 Å². The quantitative estimate of drug-likeness (QED) is 0.432. The number of aromatic amines is 1. The number of carbonyl (C=O) groups excluding carboxylic acids is 2. The van der Waals surface area contributed by atoms with Crippen LogP contribution in [0.25, 0.3) is 10.9 Å². The van der Waals surface area contributed by atoms with Crippen molar-refractivity contribution in [2.75, 3.05) is 20.6 Å². The van der Waals surface area contributed by atoms with Crippen molar-refractivity contribution < 1.29 is 9.59 Å². The van der Waals surface area contributed by atoms with Gasteiger partial charge in [-0.3, -0.25) is 9.59 Å². The number of carbonyl (C=O) groups is 2. The van der Waals surface area contributed by atoms with Crippen LogP contribution in [0.1, 0.15) is 53.8 Å². The van der Waals surface area contributed by atoms with Gasteiger partial charge < -0.3 is 20.5 Å². The minimum Gasteiger partial charge on any atom is -0.361 e. The number of rotatable bonds is 8. The predicted molar refractivity (Wildman–Crippen MR) is 135 cm³/mol. The number of hydrogen-bond donors (Lipinski definition) is 3. The molecular weight excluding hydrogens is 432 g/mol. The largest absolute Gasteiger partial charge is 0.361 e. The Balaban J connectivity index is 1.52. The number of nitrogens with one attached hydrogen (secondary N) is 3. The topological polar surface area (TPSA) is 77.2 Å². The zero-order valence-corrected chi connectivity index (χ0v) is 20.3. The lowest BCUT2D eigenvalue weighted by Crippen LogP contribution is -2.56. The van der Waals surface area contributed by atoms with Crippen LogP contribution in [0.5, 0.6) is 0 Å². The highest BCUT2D eigenvalue weighted by molar-refractivity contribution is 7.12. The molecule has 1 unspecified atom stereocenters. The number of fused-ring (bicyclic) bond motifs is 1. The molecule has 7 heteroatoms. The van der Waals surface area contributed by atoms with Crippen molar-refractivity contribution in [1.29, 1.82) is 0 Å². The molecule has 1 aromatic carbocycles. The molecule has 3 N–H and O–H groups in total. The Morgan fingerprint density at radius 1 is 1.09 bits per heavy atom. The molecule has 1 fully saturated rings. The van der Waals surface area contributed by atoms with Crippen LogP contribution in [-0.4, -0.2) is 53.9 Å². The number of hydrogen-bond acceptors (Lipinski definition) is 4. The third kappa shape index (κ3) is 5.47. The Hall–Kier alpha value is -2.64. The van der Waals surface area contributed by atoms with Gasteiger partial charge in [0.1, 0.15) is 6.04 Å². The van der Waals surface area contributed by atoms with Crippen molar-refractivity contribution in [3.05, 3.63) is 58.4 Å². The molecule has 6 nitrogen and oxygen atoms in total. The van der Waals surface area contributed by atoms with E-state index in [1.54, 1.807) is 6.07 Å². The third-order valence-corrected chi connectivity index (χ3v) is 7.91. The molecule has 3 aromatic rings. The number of aromatic nitrogens is 1. The maximum Gasteiger partial charge on any atom is 0.262 e. The van der Waals surface area contributed by atoms with E-state index in [2.05, 4.69) is 34.6 Å². The summed E-state index contributed by atoms with van der Waals surface area (Å²) in [4.78, 5) is 32.5. The van der Waals surface area contributed by atoms with E-state index >= 15 is 0 Å². The zero-order valence-electron chi connectivity index (χ0n) is 19.5. The first-order valence-electron chi connectivity index (χ1n) is 11.8. The third-order valence-electron chi connectivity index (χ3n) is 7.04. The fourth-order valence-electron chi connectivity index (χ4n) is 4.91. The number of benzene rings is 1. The average Bonchev–Trinajstić information content (AvgIpc) is 3.43. The molecule has 0 aliphatic heterocycles. The lowest BCUT2D eigenvalue weighted by atomic mass is 9.88. The number of nitrogens with zero attached hydrogens (tertiary/aromatic N) is 1. The van der Waals surface area contributed by atoms with Gasteiger partial charge >= 0.3 is 0 Å². The molecule has 4 rings (SSSR count). The number of H-pyrrole nitrogens is 1. The minimum atomic E-state index is -0.649. The average molecular weight is 467 g/mol. The summed E-state index contributed by atoms with van der Waals surface area (Å²) in [7, 11) is 4.22. The van der Waals surface area contributed by atoms with Crippen LogP contribution in [0.3, 0.4) is 0 Å². The Bertz CT molecular complexity index is 1070. The number of para-hydroxylation sites is 1. The molecule has 1 saturated carbocycles. The van der Waals surface area contributed by atoms with Crippen molar-refractivity contribution in [3.8, 4) is 0 Å². The maximum atomic E-state index is 13.5. The molecule has 0 spiro atoms. The Morgan fingerprint density at radius 2 is 1.85 bits per heavy atom. The second kappa shape index (κ2) is 10.5. The highest BCUT2D eigenvalue weighted by atomic mass is 32.1. The molecule has 0 saturated heterocycles. The molecule has 0 bridgehead atoms. The first-order chi connectivity index (χ1) is 16.0. The van der Waals surface area contributed by atoms with E-state index < -0.39 is 6.04 Å². The molecule has 1 atom stereocenters. The first kappa shape index (κ1) is 23.5. The van der Waals surface area contributed by atoms with Crippen LogP contribution in [0.4, 0.5) is 0 Å². The van der Waals surface area contributed by atoms with Crippen molar-refractivity contribution in [2.24, 2.45) is 0 Å². The van der Waals surface area contributed by atoms with Crippen LogP contribution in [-0.2, 0) is 11.2 Å². The van der Waals surface area contributed by atoms with E-state index in [0.717, 1.165) is 29.3 Å². The predicted octanol–water partition coefficient (Wildman–Crippen LogP) is 4.34. The van der Waals surface area contributed by atoms with E-state index in [4.69, 9.17) is 0 Å². The minimum absolute atomic E-state index is 0.0325. The fraction of sp³-hybridized carbons (Fsp3) is 0.462. The summed E-state index contributed by atoms with van der Waals surface area (Å²) < 4.78 is 0. The van der Waals surface area contributed by atoms with Gasteiger partial charge in [-0.2, -0.15) is 0 Å². The van der Waals surface area contributed by atoms with Crippen molar-refractivity contribution in [1.82, 2.24) is 20.5 Å². The van der Waals surface area contributed by atoms with Gasteiger partial charge in [-0.05, 0) is 50.0 Å². The number of amides is 2. The van der Waals surface area contributed by atoms with Gasteiger partial charge in [-0.15, -0.1) is 11.3 Å². The molecule has 1 aliphatic carbocycles. The summed E-state index contributed by atoms with van der Waals surface area (Å²) in [6.07, 6.45) is 9.40. The lowest BCUT2D eigenvalue weighted by molar-refractivity contribution is -0.123. The fourth-order valence-corrected chi connectivity index (χ4v) is 5.54. The summed E-state index contributed by atoms with van der Waals surface area (Å²) in [6, 6.07) is 11.0. The standard InChI is InChI=1S/C26H34N4O2S/c1-30(2)26(13-7-3-4-8-14-26)18-28-24(31)22(29-25(32)23-12-9-15-33-23)16-19-17-27-21-11-6-5-10-20(19)21/h5-6,9-12,15,17,22,27H,3-4,7-8,13-14,16,18H2,1-2H3,(H,28,31)(H,29,32).